The van der Waals surface area contributed by atoms with Gasteiger partial charge in [0.05, 0.1) is 6.10 Å². The maximum atomic E-state index is 9.98. The molecule has 6 atom stereocenters. The van der Waals surface area contributed by atoms with E-state index in [-0.39, 0.29) is 6.10 Å². The fourth-order valence-electron chi connectivity index (χ4n) is 3.86. The molecule has 18 heavy (non-hydrogen) atoms. The number of nitrogens with two attached hydrogens (primary N) is 1. The van der Waals surface area contributed by atoms with Crippen LogP contribution < -0.4 is 5.73 Å². The number of aliphatic hydroxyl groups is 1. The second kappa shape index (κ2) is 5.89. The van der Waals surface area contributed by atoms with Crippen LogP contribution in [0.15, 0.2) is 0 Å². The van der Waals surface area contributed by atoms with Gasteiger partial charge in [0.2, 0.25) is 0 Å². The minimum Gasteiger partial charge on any atom is -0.392 e. The maximum Gasteiger partial charge on any atom is 0.0693 e. The average Bonchev–Trinajstić information content (AvgIpc) is 2.28. The van der Waals surface area contributed by atoms with Crippen molar-refractivity contribution in [2.75, 3.05) is 19.6 Å². The Balaban J connectivity index is 1.88. The van der Waals surface area contributed by atoms with Crippen LogP contribution in [0.2, 0.25) is 0 Å². The predicted molar refractivity (Wildman–Crippen MR) is 75.3 cm³/mol. The normalized spacial score (nSPS) is 47.2. The van der Waals surface area contributed by atoms with Crippen molar-refractivity contribution in [3.05, 3.63) is 0 Å². The van der Waals surface area contributed by atoms with Gasteiger partial charge in [-0.2, -0.15) is 0 Å². The SMILES string of the molecule is CC1CC(C)C(CN2CCC(C)C(O)C2)C(N)C1. The molecule has 0 aromatic carbocycles. The Morgan fingerprint density at radius 1 is 1.17 bits per heavy atom. The average molecular weight is 254 g/mol. The van der Waals surface area contributed by atoms with E-state index in [1.807, 2.05) is 0 Å². The highest BCUT2D eigenvalue weighted by molar-refractivity contribution is 4.89. The second-order valence-corrected chi connectivity index (χ2v) is 6.97. The standard InChI is InChI=1S/C15H30N2O/c1-10-6-12(3)13(14(16)7-10)8-17-5-4-11(2)15(18)9-17/h10-15,18H,4-9,16H2,1-3H3. The molecule has 3 N–H and O–H groups in total. The summed E-state index contributed by atoms with van der Waals surface area (Å²) in [6.45, 7) is 9.87. The lowest BCUT2D eigenvalue weighted by atomic mass is 9.72. The molecule has 0 radical (unpaired) electrons. The van der Waals surface area contributed by atoms with E-state index in [9.17, 15) is 5.11 Å². The summed E-state index contributed by atoms with van der Waals surface area (Å²) in [5.74, 6) is 2.57. The van der Waals surface area contributed by atoms with Crippen molar-refractivity contribution >= 4 is 0 Å². The molecule has 0 aromatic heterocycles. The number of likely N-dealkylation sites (tertiary alicyclic amines) is 1. The fourth-order valence-corrected chi connectivity index (χ4v) is 3.86. The van der Waals surface area contributed by atoms with Crippen molar-refractivity contribution in [3.8, 4) is 0 Å². The molecular weight excluding hydrogens is 224 g/mol. The Labute approximate surface area is 112 Å². The third kappa shape index (κ3) is 3.25. The third-order valence-corrected chi connectivity index (χ3v) is 5.20. The van der Waals surface area contributed by atoms with Gasteiger partial charge in [-0.1, -0.05) is 20.8 Å². The summed E-state index contributed by atoms with van der Waals surface area (Å²) in [4.78, 5) is 2.43. The molecule has 106 valence electrons. The van der Waals surface area contributed by atoms with Crippen LogP contribution in [0.5, 0.6) is 0 Å². The lowest BCUT2D eigenvalue weighted by Gasteiger charge is -2.42. The Bertz CT molecular complexity index is 259. The number of hydrogen-bond donors (Lipinski definition) is 2. The molecule has 0 bridgehead atoms. The first kappa shape index (κ1) is 14.3. The highest BCUT2D eigenvalue weighted by atomic mass is 16.3. The molecule has 1 saturated carbocycles. The molecule has 1 saturated heterocycles. The van der Waals surface area contributed by atoms with Crippen LogP contribution in [0.25, 0.3) is 0 Å². The number of nitrogens with zero attached hydrogens (tertiary/aromatic N) is 1. The van der Waals surface area contributed by atoms with Crippen molar-refractivity contribution in [2.24, 2.45) is 29.4 Å². The molecule has 1 aliphatic heterocycles. The van der Waals surface area contributed by atoms with Crippen LogP contribution >= 0.6 is 0 Å². The Morgan fingerprint density at radius 3 is 2.50 bits per heavy atom. The highest BCUT2D eigenvalue weighted by Gasteiger charge is 2.34. The van der Waals surface area contributed by atoms with E-state index < -0.39 is 0 Å². The van der Waals surface area contributed by atoms with E-state index in [0.29, 0.717) is 17.9 Å². The Kier molecular flexibility index (Phi) is 4.68. The molecule has 1 heterocycles. The van der Waals surface area contributed by atoms with Gasteiger partial charge >= 0.3 is 0 Å². The summed E-state index contributed by atoms with van der Waals surface area (Å²) in [5, 5.41) is 9.98. The second-order valence-electron chi connectivity index (χ2n) is 6.97. The molecule has 2 rings (SSSR count). The van der Waals surface area contributed by atoms with Crippen molar-refractivity contribution < 1.29 is 5.11 Å². The van der Waals surface area contributed by atoms with Gasteiger partial charge in [0.15, 0.2) is 0 Å². The molecular formula is C15H30N2O. The number of piperidine rings is 1. The topological polar surface area (TPSA) is 49.5 Å². The van der Waals surface area contributed by atoms with Crippen molar-refractivity contribution in [1.29, 1.82) is 0 Å². The maximum absolute atomic E-state index is 9.98. The van der Waals surface area contributed by atoms with E-state index in [4.69, 9.17) is 5.73 Å². The van der Waals surface area contributed by atoms with Crippen LogP contribution in [0.3, 0.4) is 0 Å². The van der Waals surface area contributed by atoms with Gasteiger partial charge in [0.1, 0.15) is 0 Å². The first-order valence-electron chi connectivity index (χ1n) is 7.63. The highest BCUT2D eigenvalue weighted by Crippen LogP contribution is 2.33. The Hall–Kier alpha value is -0.120. The molecule has 0 amide bonds. The van der Waals surface area contributed by atoms with Crippen molar-refractivity contribution in [3.63, 3.8) is 0 Å². The quantitative estimate of drug-likeness (QED) is 0.788. The zero-order chi connectivity index (χ0) is 13.3. The third-order valence-electron chi connectivity index (χ3n) is 5.20. The van der Waals surface area contributed by atoms with Gasteiger partial charge < -0.3 is 15.7 Å². The molecule has 2 fully saturated rings. The van der Waals surface area contributed by atoms with E-state index >= 15 is 0 Å². The van der Waals surface area contributed by atoms with Crippen LogP contribution in [0.4, 0.5) is 0 Å². The summed E-state index contributed by atoms with van der Waals surface area (Å²) in [5.41, 5.74) is 6.35. The minimum atomic E-state index is -0.146. The minimum absolute atomic E-state index is 0.146. The first-order valence-corrected chi connectivity index (χ1v) is 7.63. The summed E-state index contributed by atoms with van der Waals surface area (Å²) in [6.07, 6.45) is 3.45. The van der Waals surface area contributed by atoms with E-state index in [1.54, 1.807) is 0 Å². The zero-order valence-corrected chi connectivity index (χ0v) is 12.2. The summed E-state index contributed by atoms with van der Waals surface area (Å²) < 4.78 is 0. The molecule has 2 aliphatic rings. The number of β-amino-alcohol motifs (C(OH)–C–C–N with tert-alkyl or cyclic N) is 1. The van der Waals surface area contributed by atoms with E-state index in [1.165, 1.54) is 12.8 Å². The fraction of sp³-hybridized carbons (Fsp3) is 1.00. The molecule has 0 aromatic rings. The number of hydrogen-bond acceptors (Lipinski definition) is 3. The lowest BCUT2D eigenvalue weighted by molar-refractivity contribution is 0.0108. The lowest BCUT2D eigenvalue weighted by Crippen LogP contribution is -2.50. The molecule has 3 nitrogen and oxygen atoms in total. The molecule has 6 unspecified atom stereocenters. The molecule has 3 heteroatoms. The smallest absolute Gasteiger partial charge is 0.0693 e. The van der Waals surface area contributed by atoms with Gasteiger partial charge in [-0.25, -0.2) is 0 Å². The van der Waals surface area contributed by atoms with Gasteiger partial charge in [0, 0.05) is 19.1 Å². The van der Waals surface area contributed by atoms with Crippen LogP contribution in [0, 0.1) is 23.7 Å². The van der Waals surface area contributed by atoms with Gasteiger partial charge in [0.25, 0.3) is 0 Å². The van der Waals surface area contributed by atoms with Gasteiger partial charge in [-0.3, -0.25) is 0 Å². The Morgan fingerprint density at radius 2 is 1.89 bits per heavy atom. The van der Waals surface area contributed by atoms with Crippen LogP contribution in [-0.4, -0.2) is 41.8 Å². The van der Waals surface area contributed by atoms with Crippen molar-refractivity contribution in [1.82, 2.24) is 4.90 Å². The number of rotatable bonds is 2. The van der Waals surface area contributed by atoms with Gasteiger partial charge in [-0.15, -0.1) is 0 Å². The summed E-state index contributed by atoms with van der Waals surface area (Å²) in [7, 11) is 0. The number of aliphatic hydroxyl groups excluding tert-OH is 1. The van der Waals surface area contributed by atoms with E-state index in [2.05, 4.69) is 25.7 Å². The predicted octanol–water partition coefficient (Wildman–Crippen LogP) is 1.70. The molecule has 1 aliphatic carbocycles. The first-order chi connectivity index (χ1) is 8.47. The summed E-state index contributed by atoms with van der Waals surface area (Å²) >= 11 is 0. The van der Waals surface area contributed by atoms with Crippen molar-refractivity contribution in [2.45, 2.75) is 52.2 Å². The van der Waals surface area contributed by atoms with Crippen LogP contribution in [0.1, 0.15) is 40.0 Å². The summed E-state index contributed by atoms with van der Waals surface area (Å²) in [6, 6.07) is 0.347. The zero-order valence-electron chi connectivity index (χ0n) is 12.2. The monoisotopic (exact) mass is 254 g/mol. The van der Waals surface area contributed by atoms with Crippen LogP contribution in [-0.2, 0) is 0 Å². The molecule has 0 spiro atoms. The largest absolute Gasteiger partial charge is 0.392 e. The van der Waals surface area contributed by atoms with E-state index in [0.717, 1.165) is 37.9 Å². The van der Waals surface area contributed by atoms with Gasteiger partial charge in [-0.05, 0) is 49.5 Å².